The summed E-state index contributed by atoms with van der Waals surface area (Å²) < 4.78 is 13.1. The quantitative estimate of drug-likeness (QED) is 0.731. The Morgan fingerprint density at radius 2 is 1.64 bits per heavy atom. The maximum absolute atomic E-state index is 13.1. The first-order valence-corrected chi connectivity index (χ1v) is 9.56. The van der Waals surface area contributed by atoms with E-state index in [0.29, 0.717) is 12.5 Å². The normalized spacial score (nSPS) is 14.2. The van der Waals surface area contributed by atoms with Crippen LogP contribution in [0.5, 0.6) is 0 Å². The summed E-state index contributed by atoms with van der Waals surface area (Å²) in [6, 6.07) is 17.0. The van der Waals surface area contributed by atoms with Gasteiger partial charge in [-0.15, -0.1) is 0 Å². The minimum absolute atomic E-state index is 0.200. The first-order valence-electron chi connectivity index (χ1n) is 9.56. The highest BCUT2D eigenvalue weighted by molar-refractivity contribution is 5.50. The summed E-state index contributed by atoms with van der Waals surface area (Å²) >= 11 is 0. The molecule has 0 unspecified atom stereocenters. The van der Waals surface area contributed by atoms with Crippen LogP contribution in [0.4, 0.5) is 21.8 Å². The number of hydrogen-bond acceptors (Lipinski definition) is 5. The number of nitrogens with one attached hydrogen (secondary N) is 1. The smallest absolute Gasteiger partial charge is 0.224 e. The van der Waals surface area contributed by atoms with E-state index in [4.69, 9.17) is 0 Å². The molecule has 6 heteroatoms. The van der Waals surface area contributed by atoms with E-state index >= 15 is 0 Å². The van der Waals surface area contributed by atoms with Gasteiger partial charge in [-0.05, 0) is 48.4 Å². The Bertz CT molecular complexity index is 920. The molecule has 0 amide bonds. The predicted molar refractivity (Wildman–Crippen MR) is 111 cm³/mol. The summed E-state index contributed by atoms with van der Waals surface area (Å²) in [4.78, 5) is 13.6. The van der Waals surface area contributed by atoms with E-state index in [9.17, 15) is 4.39 Å². The third-order valence-corrected chi connectivity index (χ3v) is 5.13. The van der Waals surface area contributed by atoms with E-state index in [1.165, 1.54) is 23.3 Å². The van der Waals surface area contributed by atoms with Crippen LogP contribution in [0, 0.1) is 12.7 Å². The van der Waals surface area contributed by atoms with Gasteiger partial charge in [-0.25, -0.2) is 9.37 Å². The van der Waals surface area contributed by atoms with E-state index in [1.807, 2.05) is 30.3 Å². The Labute approximate surface area is 164 Å². The standard InChI is InChI=1S/C22H24FN5/c1-17-4-2-3-5-18(17)16-25-22-24-11-10-21(26-22)28-14-12-27(13-15-28)20-8-6-19(23)7-9-20/h2-11H,12-16H2,1H3,(H,24,25,26). The third kappa shape index (κ3) is 4.22. The zero-order chi connectivity index (χ0) is 19.3. The molecule has 4 rings (SSSR count). The number of hydrogen-bond donors (Lipinski definition) is 1. The fourth-order valence-electron chi connectivity index (χ4n) is 3.44. The van der Waals surface area contributed by atoms with Crippen LogP contribution in [0.15, 0.2) is 60.8 Å². The Morgan fingerprint density at radius 1 is 0.929 bits per heavy atom. The fraction of sp³-hybridized carbons (Fsp3) is 0.273. The van der Waals surface area contributed by atoms with Crippen LogP contribution in [-0.2, 0) is 6.54 Å². The van der Waals surface area contributed by atoms with Crippen molar-refractivity contribution in [1.82, 2.24) is 9.97 Å². The lowest BCUT2D eigenvalue weighted by Crippen LogP contribution is -2.46. The molecule has 0 radical (unpaired) electrons. The molecule has 1 aliphatic rings. The molecule has 0 spiro atoms. The molecule has 0 saturated carbocycles. The Hall–Kier alpha value is -3.15. The van der Waals surface area contributed by atoms with Crippen LogP contribution < -0.4 is 15.1 Å². The van der Waals surface area contributed by atoms with E-state index in [1.54, 1.807) is 6.20 Å². The van der Waals surface area contributed by atoms with E-state index < -0.39 is 0 Å². The van der Waals surface area contributed by atoms with Crippen molar-refractivity contribution in [3.05, 3.63) is 77.7 Å². The van der Waals surface area contributed by atoms with Crippen LogP contribution in [0.25, 0.3) is 0 Å². The largest absolute Gasteiger partial charge is 0.368 e. The van der Waals surface area contributed by atoms with Gasteiger partial charge < -0.3 is 15.1 Å². The van der Waals surface area contributed by atoms with Gasteiger partial charge in [0.25, 0.3) is 0 Å². The first-order chi connectivity index (χ1) is 13.7. The van der Waals surface area contributed by atoms with Crippen LogP contribution >= 0.6 is 0 Å². The van der Waals surface area contributed by atoms with Crippen molar-refractivity contribution < 1.29 is 4.39 Å². The molecule has 0 aliphatic carbocycles. The molecule has 1 aliphatic heterocycles. The van der Waals surface area contributed by atoms with Gasteiger partial charge in [-0.2, -0.15) is 4.98 Å². The molecule has 1 aromatic heterocycles. The number of rotatable bonds is 5. The number of benzene rings is 2. The minimum Gasteiger partial charge on any atom is -0.368 e. The molecule has 0 atom stereocenters. The molecule has 1 saturated heterocycles. The van der Waals surface area contributed by atoms with Crippen molar-refractivity contribution >= 4 is 17.5 Å². The van der Waals surface area contributed by atoms with Crippen LogP contribution in [-0.4, -0.2) is 36.1 Å². The summed E-state index contributed by atoms with van der Waals surface area (Å²) in [6.45, 7) is 6.30. The summed E-state index contributed by atoms with van der Waals surface area (Å²) in [5.74, 6) is 1.37. The van der Waals surface area contributed by atoms with Crippen molar-refractivity contribution in [3.8, 4) is 0 Å². The molecule has 2 heterocycles. The average Bonchev–Trinajstić information content (AvgIpc) is 2.74. The van der Waals surface area contributed by atoms with Gasteiger partial charge >= 0.3 is 0 Å². The summed E-state index contributed by atoms with van der Waals surface area (Å²) in [5, 5.41) is 3.33. The Morgan fingerprint density at radius 3 is 2.39 bits per heavy atom. The summed E-state index contributed by atoms with van der Waals surface area (Å²) in [6.07, 6.45) is 1.80. The molecule has 5 nitrogen and oxygen atoms in total. The lowest BCUT2D eigenvalue weighted by molar-refractivity contribution is 0.624. The van der Waals surface area contributed by atoms with E-state index in [2.05, 4.69) is 44.1 Å². The molecule has 2 aromatic carbocycles. The van der Waals surface area contributed by atoms with Crippen molar-refractivity contribution in [2.75, 3.05) is 41.3 Å². The van der Waals surface area contributed by atoms with Crippen molar-refractivity contribution in [2.24, 2.45) is 0 Å². The highest BCUT2D eigenvalue weighted by Crippen LogP contribution is 2.20. The van der Waals surface area contributed by atoms with Crippen molar-refractivity contribution in [2.45, 2.75) is 13.5 Å². The van der Waals surface area contributed by atoms with Gasteiger partial charge in [0, 0.05) is 44.6 Å². The number of halogens is 1. The summed E-state index contributed by atoms with van der Waals surface area (Å²) in [5.41, 5.74) is 3.55. The van der Waals surface area contributed by atoms with Gasteiger partial charge in [0.05, 0.1) is 0 Å². The molecule has 28 heavy (non-hydrogen) atoms. The molecular weight excluding hydrogens is 353 g/mol. The molecular formula is C22H24FN5. The van der Waals surface area contributed by atoms with E-state index in [-0.39, 0.29) is 5.82 Å². The van der Waals surface area contributed by atoms with E-state index in [0.717, 1.165) is 37.7 Å². The summed E-state index contributed by atoms with van der Waals surface area (Å²) in [7, 11) is 0. The van der Waals surface area contributed by atoms with Crippen molar-refractivity contribution in [3.63, 3.8) is 0 Å². The minimum atomic E-state index is -0.200. The van der Waals surface area contributed by atoms with Gasteiger partial charge in [0.2, 0.25) is 5.95 Å². The number of piperazine rings is 1. The lowest BCUT2D eigenvalue weighted by atomic mass is 10.1. The number of aryl methyl sites for hydroxylation is 1. The van der Waals surface area contributed by atoms with Crippen molar-refractivity contribution in [1.29, 1.82) is 0 Å². The molecule has 1 fully saturated rings. The highest BCUT2D eigenvalue weighted by Gasteiger charge is 2.18. The van der Waals surface area contributed by atoms with Gasteiger partial charge in [-0.1, -0.05) is 24.3 Å². The number of anilines is 3. The maximum Gasteiger partial charge on any atom is 0.224 e. The average molecular weight is 377 g/mol. The molecule has 1 N–H and O–H groups in total. The van der Waals surface area contributed by atoms with Crippen LogP contribution in [0.1, 0.15) is 11.1 Å². The second-order valence-electron chi connectivity index (χ2n) is 6.97. The zero-order valence-corrected chi connectivity index (χ0v) is 16.0. The van der Waals surface area contributed by atoms with Crippen LogP contribution in [0.2, 0.25) is 0 Å². The van der Waals surface area contributed by atoms with Gasteiger partial charge in [-0.3, -0.25) is 0 Å². The lowest BCUT2D eigenvalue weighted by Gasteiger charge is -2.36. The van der Waals surface area contributed by atoms with Gasteiger partial charge in [0.15, 0.2) is 0 Å². The topological polar surface area (TPSA) is 44.3 Å². The Balaban J connectivity index is 1.37. The first kappa shape index (κ1) is 18.2. The second kappa shape index (κ2) is 8.25. The third-order valence-electron chi connectivity index (χ3n) is 5.13. The second-order valence-corrected chi connectivity index (χ2v) is 6.97. The monoisotopic (exact) mass is 377 g/mol. The number of nitrogens with zero attached hydrogens (tertiary/aromatic N) is 4. The molecule has 144 valence electrons. The zero-order valence-electron chi connectivity index (χ0n) is 16.0. The SMILES string of the molecule is Cc1ccccc1CNc1nccc(N2CCN(c3ccc(F)cc3)CC2)n1. The fourth-order valence-corrected chi connectivity index (χ4v) is 3.44. The Kier molecular flexibility index (Phi) is 5.37. The van der Waals surface area contributed by atoms with Crippen LogP contribution in [0.3, 0.4) is 0 Å². The van der Waals surface area contributed by atoms with Gasteiger partial charge in [0.1, 0.15) is 11.6 Å². The number of aromatic nitrogens is 2. The molecule has 3 aromatic rings. The maximum atomic E-state index is 13.1. The predicted octanol–water partition coefficient (Wildman–Crippen LogP) is 3.86. The molecule has 0 bridgehead atoms. The highest BCUT2D eigenvalue weighted by atomic mass is 19.1.